The van der Waals surface area contributed by atoms with Crippen molar-refractivity contribution in [3.63, 3.8) is 0 Å². The molecule has 12 aromatic rings. The fraction of sp³-hybridized carbons (Fsp3) is 0.0270. The quantitative estimate of drug-likeness (QED) is 0.163. The highest BCUT2D eigenvalue weighted by molar-refractivity contribution is 7.99. The van der Waals surface area contributed by atoms with Crippen molar-refractivity contribution in [1.29, 1.82) is 0 Å². The molecular weight excluding hydrogens is 967 g/mol. The molecule has 2 heterocycles. The van der Waals surface area contributed by atoms with Gasteiger partial charge in [-0.15, -0.1) is 0 Å². The van der Waals surface area contributed by atoms with Crippen LogP contribution in [0.3, 0.4) is 0 Å². The maximum Gasteiger partial charge on any atom is 0.0736 e. The zero-order valence-corrected chi connectivity index (χ0v) is 43.5. The molecule has 360 valence electrons. The molecule has 12 aromatic carbocycles. The second-order valence-corrected chi connectivity index (χ2v) is 22.8. The molecule has 3 heteroatoms. The molecule has 0 saturated carbocycles. The van der Waals surface area contributed by atoms with Gasteiger partial charge in [0, 0.05) is 36.5 Å². The summed E-state index contributed by atoms with van der Waals surface area (Å²) in [6.07, 6.45) is 0. The molecule has 0 radical (unpaired) electrons. The first kappa shape index (κ1) is 44.4. The minimum absolute atomic E-state index is 0.521. The molecule has 0 fully saturated rings. The van der Waals surface area contributed by atoms with Gasteiger partial charge in [0.05, 0.1) is 16.5 Å². The van der Waals surface area contributed by atoms with Crippen LogP contribution in [0.4, 0.5) is 17.1 Å². The summed E-state index contributed by atoms with van der Waals surface area (Å²) in [4.78, 5) is 7.76. The summed E-state index contributed by atoms with van der Waals surface area (Å²) in [6.45, 7) is 0. The average Bonchev–Trinajstić information content (AvgIpc) is 4.19. The van der Waals surface area contributed by atoms with Gasteiger partial charge in [0.1, 0.15) is 0 Å². The fourth-order valence-electron chi connectivity index (χ4n) is 13.7. The van der Waals surface area contributed by atoms with Crippen molar-refractivity contribution in [3.05, 3.63) is 330 Å². The molecule has 16 rings (SSSR count). The molecule has 0 aromatic heterocycles. The predicted molar refractivity (Wildman–Crippen MR) is 320 cm³/mol. The van der Waals surface area contributed by atoms with Crippen LogP contribution in [0.2, 0.25) is 0 Å². The zero-order valence-electron chi connectivity index (χ0n) is 41.9. The second kappa shape index (κ2) is 17.3. The summed E-state index contributed by atoms with van der Waals surface area (Å²) >= 11 is 3.78. The van der Waals surface area contributed by atoms with Gasteiger partial charge < -0.3 is 4.90 Å². The van der Waals surface area contributed by atoms with Crippen LogP contribution in [0.5, 0.6) is 0 Å². The third-order valence-corrected chi connectivity index (χ3v) is 19.1. The number of hydrogen-bond acceptors (Lipinski definition) is 3. The minimum Gasteiger partial charge on any atom is -0.310 e. The van der Waals surface area contributed by atoms with Crippen LogP contribution in [0.25, 0.3) is 55.6 Å². The number of nitrogens with zero attached hydrogens (tertiary/aromatic N) is 1. The summed E-state index contributed by atoms with van der Waals surface area (Å²) in [5.41, 5.74) is 25.1. The SMILES string of the molecule is c1ccc(-c2cc(-c3ccccc3)cc(-c3ccc(N(c4ccc5c(c4)C4(c6ccccc6Sc6ccccc64)c4ccccc4-5)c4cccc5c4-c4ccccc4C54c5ccccc5Sc5ccccc54)cc3)c2)cc1. The molecule has 0 N–H and O–H groups in total. The Morgan fingerprint density at radius 2 is 0.610 bits per heavy atom. The number of benzene rings is 12. The number of hydrogen-bond donors (Lipinski definition) is 0. The van der Waals surface area contributed by atoms with E-state index in [2.05, 4.69) is 290 Å². The third kappa shape index (κ3) is 6.45. The Hall–Kier alpha value is -8.86. The first-order valence-electron chi connectivity index (χ1n) is 26.6. The Bertz CT molecular complexity index is 4200. The van der Waals surface area contributed by atoms with Crippen LogP contribution in [0, 0.1) is 0 Å². The van der Waals surface area contributed by atoms with Gasteiger partial charge >= 0.3 is 0 Å². The summed E-state index contributed by atoms with van der Waals surface area (Å²) in [5, 5.41) is 0. The van der Waals surface area contributed by atoms with Gasteiger partial charge in [0.15, 0.2) is 0 Å². The van der Waals surface area contributed by atoms with Crippen molar-refractivity contribution in [2.75, 3.05) is 4.90 Å². The van der Waals surface area contributed by atoms with E-state index in [-0.39, 0.29) is 0 Å². The fourth-order valence-corrected chi connectivity index (χ4v) is 16.1. The molecule has 2 aliphatic heterocycles. The summed E-state index contributed by atoms with van der Waals surface area (Å²) in [7, 11) is 0. The van der Waals surface area contributed by atoms with Crippen molar-refractivity contribution in [2.45, 2.75) is 30.4 Å². The second-order valence-electron chi connectivity index (χ2n) is 20.6. The first-order chi connectivity index (χ1) is 38.2. The van der Waals surface area contributed by atoms with Crippen LogP contribution in [0.15, 0.2) is 305 Å². The lowest BCUT2D eigenvalue weighted by Gasteiger charge is -2.40. The largest absolute Gasteiger partial charge is 0.310 e. The Labute approximate surface area is 458 Å². The highest BCUT2D eigenvalue weighted by Crippen LogP contribution is 2.66. The van der Waals surface area contributed by atoms with Gasteiger partial charge in [-0.3, -0.25) is 0 Å². The van der Waals surface area contributed by atoms with E-state index in [0.717, 1.165) is 22.6 Å². The smallest absolute Gasteiger partial charge is 0.0736 e. The van der Waals surface area contributed by atoms with Crippen LogP contribution < -0.4 is 4.90 Å². The van der Waals surface area contributed by atoms with E-state index in [0.29, 0.717) is 0 Å². The van der Waals surface area contributed by atoms with Crippen LogP contribution in [0.1, 0.15) is 44.5 Å². The molecule has 0 atom stereocenters. The predicted octanol–water partition coefficient (Wildman–Crippen LogP) is 19.8. The summed E-state index contributed by atoms with van der Waals surface area (Å²) < 4.78 is 0. The monoisotopic (exact) mass is 1010 g/mol. The molecule has 0 unspecified atom stereocenters. The molecule has 0 bridgehead atoms. The zero-order chi connectivity index (χ0) is 50.7. The van der Waals surface area contributed by atoms with Crippen LogP contribution in [-0.2, 0) is 10.8 Å². The van der Waals surface area contributed by atoms with E-state index in [1.807, 2.05) is 23.5 Å². The number of fused-ring (bicyclic) bond motifs is 18. The lowest BCUT2D eigenvalue weighted by molar-refractivity contribution is 0.722. The van der Waals surface area contributed by atoms with E-state index in [1.54, 1.807) is 0 Å². The Morgan fingerprint density at radius 3 is 1.13 bits per heavy atom. The van der Waals surface area contributed by atoms with E-state index >= 15 is 0 Å². The van der Waals surface area contributed by atoms with E-state index < -0.39 is 10.8 Å². The van der Waals surface area contributed by atoms with E-state index in [4.69, 9.17) is 0 Å². The molecule has 1 nitrogen and oxygen atoms in total. The Balaban J connectivity index is 0.954. The lowest BCUT2D eigenvalue weighted by atomic mass is 9.67. The topological polar surface area (TPSA) is 3.24 Å². The number of anilines is 3. The molecule has 2 aliphatic carbocycles. The maximum atomic E-state index is 2.57. The lowest BCUT2D eigenvalue weighted by Crippen LogP contribution is -2.32. The molecule has 4 aliphatic rings. The van der Waals surface area contributed by atoms with Gasteiger partial charge in [-0.05, 0) is 167 Å². The van der Waals surface area contributed by atoms with Crippen molar-refractivity contribution >= 4 is 40.6 Å². The van der Waals surface area contributed by atoms with E-state index in [1.165, 1.54) is 114 Å². The Kier molecular flexibility index (Phi) is 10.0. The number of rotatable bonds is 6. The van der Waals surface area contributed by atoms with Crippen LogP contribution in [-0.4, -0.2) is 0 Å². The van der Waals surface area contributed by atoms with Gasteiger partial charge in [0.25, 0.3) is 0 Å². The Morgan fingerprint density at radius 1 is 0.234 bits per heavy atom. The molecule has 0 amide bonds. The maximum absolute atomic E-state index is 2.57. The molecular formula is C74H47NS2. The van der Waals surface area contributed by atoms with Crippen molar-refractivity contribution in [3.8, 4) is 55.6 Å². The average molecular weight is 1010 g/mol. The summed E-state index contributed by atoms with van der Waals surface area (Å²) in [6, 6.07) is 107. The molecule has 0 saturated heterocycles. The van der Waals surface area contributed by atoms with Gasteiger partial charge in [0.2, 0.25) is 0 Å². The van der Waals surface area contributed by atoms with Crippen molar-refractivity contribution in [1.82, 2.24) is 0 Å². The molecule has 2 spiro atoms. The van der Waals surface area contributed by atoms with E-state index in [9.17, 15) is 0 Å². The van der Waals surface area contributed by atoms with Crippen molar-refractivity contribution < 1.29 is 0 Å². The highest BCUT2D eigenvalue weighted by atomic mass is 32.2. The standard InChI is InChI=1S/C74H47NS2/c1-3-20-48(21-4-1)51-44-52(49-22-5-2-6-23-49)46-53(45-51)50-38-40-54(41-39-50)75(55-42-43-57-56-24-7-9-26-59(56)74(66(57)47-55)63-30-13-17-36-70(63)77-71-37-18-14-31-64(71)74)67-33-19-32-65-72(67)58-25-8-10-27-60(58)73(65)61-28-11-15-34-68(61)76-69-35-16-12-29-62(69)73/h1-47H. The van der Waals surface area contributed by atoms with Gasteiger partial charge in [-0.2, -0.15) is 0 Å². The van der Waals surface area contributed by atoms with Gasteiger partial charge in [-0.25, -0.2) is 0 Å². The van der Waals surface area contributed by atoms with Crippen LogP contribution >= 0.6 is 23.5 Å². The minimum atomic E-state index is -0.529. The van der Waals surface area contributed by atoms with Crippen molar-refractivity contribution in [2.24, 2.45) is 0 Å². The summed E-state index contributed by atoms with van der Waals surface area (Å²) in [5.74, 6) is 0. The third-order valence-electron chi connectivity index (χ3n) is 16.8. The molecule has 77 heavy (non-hydrogen) atoms. The van der Waals surface area contributed by atoms with Gasteiger partial charge in [-0.1, -0.05) is 236 Å². The normalized spacial score (nSPS) is 14.1. The highest BCUT2D eigenvalue weighted by Gasteiger charge is 2.52. The first-order valence-corrected chi connectivity index (χ1v) is 28.2.